The van der Waals surface area contributed by atoms with Crippen LogP contribution in [0.1, 0.15) is 0 Å². The Hall–Kier alpha value is -2.11. The lowest BCUT2D eigenvalue weighted by molar-refractivity contribution is 0.210. The number of hydrogen-bond acceptors (Lipinski definition) is 4. The molecule has 0 unspecified atom stereocenters. The molecule has 0 atom stereocenters. The minimum Gasteiger partial charge on any atom is -0.493 e. The highest BCUT2D eigenvalue weighted by atomic mass is 35.5. The zero-order chi connectivity index (χ0) is 16.1. The van der Waals surface area contributed by atoms with Gasteiger partial charge >= 0.3 is 6.09 Å². The second-order valence-corrected chi connectivity index (χ2v) is 4.89. The van der Waals surface area contributed by atoms with E-state index in [2.05, 4.69) is 5.32 Å². The van der Waals surface area contributed by atoms with Crippen molar-refractivity contribution in [3.05, 3.63) is 46.4 Å². The zero-order valence-corrected chi connectivity index (χ0v) is 13.4. The molecule has 0 fully saturated rings. The summed E-state index contributed by atoms with van der Waals surface area (Å²) in [6.45, 7) is 0. The fourth-order valence-electron chi connectivity index (χ4n) is 1.75. The van der Waals surface area contributed by atoms with Crippen molar-refractivity contribution in [3.63, 3.8) is 0 Å². The third-order valence-corrected chi connectivity index (χ3v) is 3.58. The highest BCUT2D eigenvalue weighted by Gasteiger charge is 2.16. The van der Waals surface area contributed by atoms with Gasteiger partial charge in [-0.25, -0.2) is 4.79 Å². The minimum atomic E-state index is -0.744. The Morgan fingerprint density at radius 3 is 2.18 bits per heavy atom. The lowest BCUT2D eigenvalue weighted by Gasteiger charge is -2.13. The van der Waals surface area contributed by atoms with Gasteiger partial charge in [0.25, 0.3) is 0 Å². The van der Waals surface area contributed by atoms with Crippen LogP contribution in [0, 0.1) is 0 Å². The summed E-state index contributed by atoms with van der Waals surface area (Å²) in [4.78, 5) is 12.0. The maximum atomic E-state index is 12.0. The van der Waals surface area contributed by atoms with Crippen molar-refractivity contribution in [2.45, 2.75) is 0 Å². The predicted molar refractivity (Wildman–Crippen MR) is 85.7 cm³/mol. The average Bonchev–Trinajstić information content (AvgIpc) is 2.52. The molecule has 116 valence electrons. The Balaban J connectivity index is 2.21. The molecule has 1 N–H and O–H groups in total. The lowest BCUT2D eigenvalue weighted by atomic mass is 10.3. The van der Waals surface area contributed by atoms with Gasteiger partial charge in [-0.05, 0) is 24.3 Å². The van der Waals surface area contributed by atoms with Crippen molar-refractivity contribution in [1.29, 1.82) is 0 Å². The number of amides is 1. The average molecular weight is 342 g/mol. The maximum Gasteiger partial charge on any atom is 0.417 e. The molecule has 0 aliphatic rings. The monoisotopic (exact) mass is 341 g/mol. The van der Waals surface area contributed by atoms with Crippen LogP contribution in [0.2, 0.25) is 10.0 Å². The molecule has 0 radical (unpaired) electrons. The number of para-hydroxylation sites is 1. The van der Waals surface area contributed by atoms with Crippen LogP contribution in [-0.2, 0) is 0 Å². The third kappa shape index (κ3) is 3.55. The Morgan fingerprint density at radius 1 is 1.00 bits per heavy atom. The number of hydrogen-bond donors (Lipinski definition) is 1. The van der Waals surface area contributed by atoms with Gasteiger partial charge in [-0.1, -0.05) is 35.3 Å². The van der Waals surface area contributed by atoms with Gasteiger partial charge in [0, 0.05) is 0 Å². The Morgan fingerprint density at radius 2 is 1.59 bits per heavy atom. The van der Waals surface area contributed by atoms with Crippen LogP contribution in [-0.4, -0.2) is 20.3 Å². The number of ether oxygens (including phenoxy) is 3. The van der Waals surface area contributed by atoms with E-state index in [4.69, 9.17) is 37.4 Å². The van der Waals surface area contributed by atoms with E-state index in [1.807, 2.05) is 0 Å². The van der Waals surface area contributed by atoms with Crippen LogP contribution in [0.5, 0.6) is 17.2 Å². The molecule has 7 heteroatoms. The first-order valence-corrected chi connectivity index (χ1v) is 6.96. The summed E-state index contributed by atoms with van der Waals surface area (Å²) in [6, 6.07) is 9.90. The number of carbonyl (C=O) groups is 1. The quantitative estimate of drug-likeness (QED) is 0.881. The van der Waals surface area contributed by atoms with Crippen LogP contribution in [0.25, 0.3) is 0 Å². The van der Waals surface area contributed by atoms with Crippen molar-refractivity contribution in [2.24, 2.45) is 0 Å². The fraction of sp³-hybridized carbons (Fsp3) is 0.133. The van der Waals surface area contributed by atoms with Crippen molar-refractivity contribution >= 4 is 35.0 Å². The highest BCUT2D eigenvalue weighted by Crippen LogP contribution is 2.37. The van der Waals surface area contributed by atoms with Crippen LogP contribution in [0.3, 0.4) is 0 Å². The molecule has 0 spiro atoms. The number of rotatable bonds is 4. The number of halogens is 2. The predicted octanol–water partition coefficient (Wildman–Crippen LogP) is 4.62. The Kier molecular flexibility index (Phi) is 5.35. The molecule has 1 amide bonds. The molecule has 0 saturated carbocycles. The van der Waals surface area contributed by atoms with Crippen LogP contribution in [0.4, 0.5) is 10.5 Å². The smallest absolute Gasteiger partial charge is 0.417 e. The van der Waals surface area contributed by atoms with E-state index < -0.39 is 6.09 Å². The molecule has 0 aliphatic heterocycles. The van der Waals surface area contributed by atoms with E-state index in [1.165, 1.54) is 14.2 Å². The second-order valence-electron chi connectivity index (χ2n) is 4.11. The van der Waals surface area contributed by atoms with Gasteiger partial charge in [0.1, 0.15) is 0 Å². The third-order valence-electron chi connectivity index (χ3n) is 2.77. The van der Waals surface area contributed by atoms with Gasteiger partial charge in [0.2, 0.25) is 5.75 Å². The van der Waals surface area contributed by atoms with Crippen LogP contribution < -0.4 is 19.5 Å². The molecule has 0 saturated heterocycles. The van der Waals surface area contributed by atoms with E-state index in [-0.39, 0.29) is 10.8 Å². The summed E-state index contributed by atoms with van der Waals surface area (Å²) >= 11 is 11.9. The molecule has 22 heavy (non-hydrogen) atoms. The molecule has 2 aromatic carbocycles. The van der Waals surface area contributed by atoms with Gasteiger partial charge in [0.15, 0.2) is 11.5 Å². The van der Waals surface area contributed by atoms with E-state index in [0.29, 0.717) is 22.2 Å². The first kappa shape index (κ1) is 16.3. The summed E-state index contributed by atoms with van der Waals surface area (Å²) in [5.41, 5.74) is 0.341. The fourth-order valence-corrected chi connectivity index (χ4v) is 2.09. The van der Waals surface area contributed by atoms with E-state index in [9.17, 15) is 4.79 Å². The second kappa shape index (κ2) is 7.24. The number of anilines is 1. The number of carbonyl (C=O) groups excluding carboxylic acids is 1. The molecule has 0 aliphatic carbocycles. The highest BCUT2D eigenvalue weighted by molar-refractivity contribution is 6.43. The summed E-state index contributed by atoms with van der Waals surface area (Å²) in [6.07, 6.45) is -0.744. The molecular weight excluding hydrogens is 329 g/mol. The maximum absolute atomic E-state index is 12.0. The SMILES string of the molecule is COc1cccc(OC)c1OC(=O)Nc1cccc(Cl)c1Cl. The summed E-state index contributed by atoms with van der Waals surface area (Å²) in [7, 11) is 2.93. The molecule has 0 aromatic heterocycles. The van der Waals surface area contributed by atoms with E-state index in [1.54, 1.807) is 36.4 Å². The first-order valence-electron chi connectivity index (χ1n) is 6.20. The Labute approximate surface area is 137 Å². The van der Waals surface area contributed by atoms with Gasteiger partial charge < -0.3 is 14.2 Å². The zero-order valence-electron chi connectivity index (χ0n) is 11.9. The molecule has 2 aromatic rings. The van der Waals surface area contributed by atoms with Crippen molar-refractivity contribution in [3.8, 4) is 17.2 Å². The van der Waals surface area contributed by atoms with Gasteiger partial charge in [-0.3, -0.25) is 5.32 Å². The first-order chi connectivity index (χ1) is 10.6. The Bertz CT molecular complexity index is 669. The largest absolute Gasteiger partial charge is 0.493 e. The van der Waals surface area contributed by atoms with Gasteiger partial charge in [0.05, 0.1) is 30.0 Å². The molecular formula is C15H13Cl2NO4. The molecule has 0 heterocycles. The van der Waals surface area contributed by atoms with Gasteiger partial charge in [-0.15, -0.1) is 0 Å². The topological polar surface area (TPSA) is 56.8 Å². The molecule has 5 nitrogen and oxygen atoms in total. The number of methoxy groups -OCH3 is 2. The summed E-state index contributed by atoms with van der Waals surface area (Å²) in [5, 5.41) is 3.07. The molecule has 2 rings (SSSR count). The van der Waals surface area contributed by atoms with Crippen LogP contribution >= 0.6 is 23.2 Å². The normalized spacial score (nSPS) is 10.0. The number of benzene rings is 2. The van der Waals surface area contributed by atoms with Gasteiger partial charge in [-0.2, -0.15) is 0 Å². The van der Waals surface area contributed by atoms with Crippen molar-refractivity contribution in [2.75, 3.05) is 19.5 Å². The molecule has 0 bridgehead atoms. The van der Waals surface area contributed by atoms with Crippen molar-refractivity contribution in [1.82, 2.24) is 0 Å². The van der Waals surface area contributed by atoms with E-state index in [0.717, 1.165) is 0 Å². The summed E-state index contributed by atoms with van der Waals surface area (Å²) < 4.78 is 15.6. The number of nitrogens with one attached hydrogen (secondary N) is 1. The van der Waals surface area contributed by atoms with Crippen LogP contribution in [0.15, 0.2) is 36.4 Å². The summed E-state index contributed by atoms with van der Waals surface area (Å²) in [5.74, 6) is 0.904. The lowest BCUT2D eigenvalue weighted by Crippen LogP contribution is -2.17. The van der Waals surface area contributed by atoms with Crippen molar-refractivity contribution < 1.29 is 19.0 Å². The van der Waals surface area contributed by atoms with E-state index >= 15 is 0 Å². The standard InChI is InChI=1S/C15H13Cl2NO4/c1-20-11-7-4-8-12(21-2)14(11)22-15(19)18-10-6-3-5-9(16)13(10)17/h3-8H,1-2H3,(H,18,19). The minimum absolute atomic E-state index is 0.170.